The second kappa shape index (κ2) is 5.15. The van der Waals surface area contributed by atoms with Gasteiger partial charge in [0.05, 0.1) is 11.8 Å². The maximum Gasteiger partial charge on any atom is 0.419 e. The molecule has 0 aliphatic carbocycles. The van der Waals surface area contributed by atoms with Crippen LogP contribution in [0.1, 0.15) is 40.2 Å². The van der Waals surface area contributed by atoms with Crippen molar-refractivity contribution >= 4 is 0 Å². The fraction of sp³-hybridized carbons (Fsp3) is 0.769. The van der Waals surface area contributed by atoms with Crippen molar-refractivity contribution in [3.8, 4) is 0 Å². The third-order valence-electron chi connectivity index (χ3n) is 2.65. The molecule has 0 bridgehead atoms. The summed E-state index contributed by atoms with van der Waals surface area (Å²) in [6.07, 6.45) is -2.40. The number of nitrogens with one attached hydrogen (secondary N) is 1. The van der Waals surface area contributed by atoms with E-state index in [9.17, 15) is 13.2 Å². The Kier molecular flexibility index (Phi) is 4.34. The van der Waals surface area contributed by atoms with Gasteiger partial charge >= 0.3 is 6.18 Å². The van der Waals surface area contributed by atoms with Gasteiger partial charge in [0.2, 0.25) is 0 Å². The normalized spacial score (nSPS) is 13.9. The van der Waals surface area contributed by atoms with Crippen LogP contribution in [0.15, 0.2) is 12.4 Å². The Morgan fingerprint density at radius 2 is 1.74 bits per heavy atom. The van der Waals surface area contributed by atoms with Crippen molar-refractivity contribution in [2.75, 3.05) is 6.54 Å². The van der Waals surface area contributed by atoms with E-state index in [2.05, 4.69) is 31.2 Å². The van der Waals surface area contributed by atoms with Gasteiger partial charge in [0.25, 0.3) is 0 Å². The molecule has 1 heterocycles. The Hall–Kier alpha value is -1.04. The lowest BCUT2D eigenvalue weighted by atomic mass is 9.92. The second-order valence-electron chi connectivity index (χ2n) is 6.69. The zero-order valence-electron chi connectivity index (χ0n) is 12.1. The molecule has 0 radical (unpaired) electrons. The van der Waals surface area contributed by atoms with Crippen LogP contribution in [-0.2, 0) is 12.7 Å². The van der Waals surface area contributed by atoms with E-state index < -0.39 is 11.7 Å². The summed E-state index contributed by atoms with van der Waals surface area (Å²) < 4.78 is 38.8. The molecule has 0 unspecified atom stereocenters. The van der Waals surface area contributed by atoms with Crippen LogP contribution in [-0.4, -0.2) is 21.9 Å². The molecule has 110 valence electrons. The maximum absolute atomic E-state index is 12.5. The molecular weight excluding hydrogens is 255 g/mol. The molecule has 1 N–H and O–H groups in total. The van der Waals surface area contributed by atoms with Crippen molar-refractivity contribution in [2.24, 2.45) is 5.41 Å². The van der Waals surface area contributed by atoms with Crippen molar-refractivity contribution in [3.63, 3.8) is 0 Å². The zero-order valence-corrected chi connectivity index (χ0v) is 12.1. The molecule has 3 nitrogen and oxygen atoms in total. The Balaban J connectivity index is 2.65. The summed E-state index contributed by atoms with van der Waals surface area (Å²) in [4.78, 5) is 0. The smallest absolute Gasteiger partial charge is 0.311 e. The van der Waals surface area contributed by atoms with E-state index in [4.69, 9.17) is 0 Å². The van der Waals surface area contributed by atoms with Gasteiger partial charge in [-0.1, -0.05) is 13.8 Å². The molecule has 0 aromatic carbocycles. The molecule has 0 fully saturated rings. The number of hydrogen-bond donors (Lipinski definition) is 1. The summed E-state index contributed by atoms with van der Waals surface area (Å²) >= 11 is 0. The first-order chi connectivity index (χ1) is 8.39. The van der Waals surface area contributed by atoms with Gasteiger partial charge < -0.3 is 5.32 Å². The van der Waals surface area contributed by atoms with Crippen molar-refractivity contribution < 1.29 is 13.2 Å². The number of rotatable bonds is 4. The van der Waals surface area contributed by atoms with Crippen LogP contribution >= 0.6 is 0 Å². The lowest BCUT2D eigenvalue weighted by Gasteiger charge is -2.30. The summed E-state index contributed by atoms with van der Waals surface area (Å²) in [5.41, 5.74) is -0.896. The SMILES string of the molecule is CC(C)(CNC(C)(C)C)Cn1cc(C(F)(F)F)cn1. The highest BCUT2D eigenvalue weighted by atomic mass is 19.4. The number of nitrogens with zero attached hydrogens (tertiary/aromatic N) is 2. The average molecular weight is 277 g/mol. The topological polar surface area (TPSA) is 29.9 Å². The van der Waals surface area contributed by atoms with Gasteiger partial charge in [0.15, 0.2) is 0 Å². The number of halogens is 3. The van der Waals surface area contributed by atoms with E-state index in [1.165, 1.54) is 4.68 Å². The molecule has 0 saturated heterocycles. The summed E-state index contributed by atoms with van der Waals surface area (Å²) in [6.45, 7) is 11.3. The minimum atomic E-state index is -4.33. The molecule has 1 aromatic heterocycles. The quantitative estimate of drug-likeness (QED) is 0.915. The van der Waals surface area contributed by atoms with E-state index in [1.54, 1.807) is 0 Å². The Morgan fingerprint density at radius 1 is 1.16 bits per heavy atom. The largest absolute Gasteiger partial charge is 0.419 e. The van der Waals surface area contributed by atoms with E-state index >= 15 is 0 Å². The van der Waals surface area contributed by atoms with E-state index in [0.717, 1.165) is 12.4 Å². The first kappa shape index (κ1) is 16.0. The third kappa shape index (κ3) is 5.63. The van der Waals surface area contributed by atoms with Gasteiger partial charge in [-0.25, -0.2) is 0 Å². The van der Waals surface area contributed by atoms with Crippen LogP contribution in [0.2, 0.25) is 0 Å². The highest BCUT2D eigenvalue weighted by molar-refractivity contribution is 5.08. The Labute approximate surface area is 112 Å². The van der Waals surface area contributed by atoms with Crippen LogP contribution in [0.25, 0.3) is 0 Å². The Bertz CT molecular complexity index is 414. The molecule has 1 rings (SSSR count). The second-order valence-corrected chi connectivity index (χ2v) is 6.69. The van der Waals surface area contributed by atoms with Crippen LogP contribution in [0.5, 0.6) is 0 Å². The minimum Gasteiger partial charge on any atom is -0.311 e. The molecule has 19 heavy (non-hydrogen) atoms. The van der Waals surface area contributed by atoms with Gasteiger partial charge in [0, 0.05) is 24.8 Å². The first-order valence-corrected chi connectivity index (χ1v) is 6.24. The Morgan fingerprint density at radius 3 is 2.16 bits per heavy atom. The number of aromatic nitrogens is 2. The molecule has 0 aliphatic rings. The van der Waals surface area contributed by atoms with Crippen molar-refractivity contribution in [3.05, 3.63) is 18.0 Å². The fourth-order valence-electron chi connectivity index (χ4n) is 1.60. The third-order valence-corrected chi connectivity index (χ3v) is 2.65. The summed E-state index contributed by atoms with van der Waals surface area (Å²) in [5, 5.41) is 7.14. The maximum atomic E-state index is 12.5. The van der Waals surface area contributed by atoms with Crippen molar-refractivity contribution in [1.82, 2.24) is 15.1 Å². The highest BCUT2D eigenvalue weighted by Gasteiger charge is 2.32. The lowest BCUT2D eigenvalue weighted by Crippen LogP contribution is -2.43. The number of alkyl halides is 3. The van der Waals surface area contributed by atoms with Crippen LogP contribution < -0.4 is 5.32 Å². The van der Waals surface area contributed by atoms with Crippen LogP contribution in [0.3, 0.4) is 0 Å². The fourth-order valence-corrected chi connectivity index (χ4v) is 1.60. The summed E-state index contributed by atoms with van der Waals surface area (Å²) in [6, 6.07) is 0. The average Bonchev–Trinajstić information content (AvgIpc) is 2.61. The number of hydrogen-bond acceptors (Lipinski definition) is 2. The van der Waals surface area contributed by atoms with Crippen LogP contribution in [0.4, 0.5) is 13.2 Å². The molecule has 0 aliphatic heterocycles. The highest BCUT2D eigenvalue weighted by Crippen LogP contribution is 2.29. The molecule has 0 saturated carbocycles. The van der Waals surface area contributed by atoms with E-state index in [1.807, 2.05) is 13.8 Å². The van der Waals surface area contributed by atoms with Gasteiger partial charge in [-0.2, -0.15) is 18.3 Å². The lowest BCUT2D eigenvalue weighted by molar-refractivity contribution is -0.137. The molecule has 0 spiro atoms. The van der Waals surface area contributed by atoms with Crippen molar-refractivity contribution in [1.29, 1.82) is 0 Å². The van der Waals surface area contributed by atoms with E-state index in [-0.39, 0.29) is 11.0 Å². The molecule has 1 aromatic rings. The predicted octanol–water partition coefficient (Wildman–Crippen LogP) is 3.32. The van der Waals surface area contributed by atoms with Gasteiger partial charge in [0.1, 0.15) is 0 Å². The minimum absolute atomic E-state index is 0.0154. The molecular formula is C13H22F3N3. The van der Waals surface area contributed by atoms with Crippen LogP contribution in [0, 0.1) is 5.41 Å². The zero-order chi connectivity index (χ0) is 14.9. The van der Waals surface area contributed by atoms with Gasteiger partial charge in [-0.15, -0.1) is 0 Å². The van der Waals surface area contributed by atoms with Gasteiger partial charge in [-0.3, -0.25) is 4.68 Å². The van der Waals surface area contributed by atoms with Crippen molar-refractivity contribution in [2.45, 2.75) is 52.9 Å². The van der Waals surface area contributed by atoms with Gasteiger partial charge in [-0.05, 0) is 26.2 Å². The predicted molar refractivity (Wildman–Crippen MR) is 68.8 cm³/mol. The summed E-state index contributed by atoms with van der Waals surface area (Å²) in [7, 11) is 0. The monoisotopic (exact) mass is 277 g/mol. The standard InChI is InChI=1S/C13H22F3N3/c1-11(2,3)17-8-12(4,5)9-19-7-10(6-18-19)13(14,15)16/h6-7,17H,8-9H2,1-5H3. The molecule has 0 amide bonds. The van der Waals surface area contributed by atoms with E-state index in [0.29, 0.717) is 13.1 Å². The molecule has 0 atom stereocenters. The summed E-state index contributed by atoms with van der Waals surface area (Å²) in [5.74, 6) is 0. The first-order valence-electron chi connectivity index (χ1n) is 6.24. The molecule has 6 heteroatoms.